The zero-order valence-corrected chi connectivity index (χ0v) is 6.99. The second-order valence-corrected chi connectivity index (χ2v) is 3.64. The molecule has 0 spiro atoms. The number of rotatable bonds is 1. The van der Waals surface area contributed by atoms with E-state index in [4.69, 9.17) is 5.11 Å². The summed E-state index contributed by atoms with van der Waals surface area (Å²) in [5, 5.41) is 17.1. The van der Waals surface area contributed by atoms with E-state index in [1.165, 1.54) is 11.8 Å². The van der Waals surface area contributed by atoms with Crippen molar-refractivity contribution in [2.75, 3.05) is 5.75 Å². The third-order valence-corrected chi connectivity index (χ3v) is 2.94. The monoisotopic (exact) mass is 185 g/mol. The number of carbonyl (C=O) groups is 1. The molecular formula is C6H7N3O2S. The van der Waals surface area contributed by atoms with Crippen LogP contribution in [0.2, 0.25) is 0 Å². The highest BCUT2D eigenvalue weighted by atomic mass is 32.2. The van der Waals surface area contributed by atoms with Crippen molar-refractivity contribution < 1.29 is 9.90 Å². The van der Waals surface area contributed by atoms with E-state index in [0.717, 1.165) is 5.03 Å². The Hall–Kier alpha value is -1.04. The first-order chi connectivity index (χ1) is 5.77. The minimum Gasteiger partial charge on any atom is -0.481 e. The lowest BCUT2D eigenvalue weighted by Crippen LogP contribution is -2.26. The number of nitrogens with zero attached hydrogens (tertiary/aromatic N) is 3. The zero-order valence-electron chi connectivity index (χ0n) is 6.17. The normalized spacial score (nSPS) is 21.8. The molecular weight excluding hydrogens is 178 g/mol. The average Bonchev–Trinajstić information content (AvgIpc) is 2.49. The Balaban J connectivity index is 2.20. The van der Waals surface area contributed by atoms with E-state index >= 15 is 0 Å². The number of thioether (sulfide) groups is 1. The van der Waals surface area contributed by atoms with E-state index in [-0.39, 0.29) is 5.92 Å². The maximum absolute atomic E-state index is 10.6. The van der Waals surface area contributed by atoms with Crippen LogP contribution < -0.4 is 0 Å². The van der Waals surface area contributed by atoms with E-state index in [0.29, 0.717) is 12.3 Å². The van der Waals surface area contributed by atoms with Crippen LogP contribution in [0.4, 0.5) is 0 Å². The summed E-state index contributed by atoms with van der Waals surface area (Å²) in [5.41, 5.74) is 0. The number of aromatic nitrogens is 3. The van der Waals surface area contributed by atoms with Gasteiger partial charge in [-0.2, -0.15) is 0 Å². The minimum atomic E-state index is -0.761. The minimum absolute atomic E-state index is 0.329. The van der Waals surface area contributed by atoms with E-state index in [1.54, 1.807) is 10.9 Å². The van der Waals surface area contributed by atoms with Crippen molar-refractivity contribution in [1.29, 1.82) is 0 Å². The summed E-state index contributed by atoms with van der Waals surface area (Å²) in [4.78, 5) is 10.6. The van der Waals surface area contributed by atoms with E-state index < -0.39 is 5.97 Å². The van der Waals surface area contributed by atoms with Crippen molar-refractivity contribution in [3.63, 3.8) is 0 Å². The third kappa shape index (κ3) is 1.18. The number of hydrogen-bond acceptors (Lipinski definition) is 4. The summed E-state index contributed by atoms with van der Waals surface area (Å²) < 4.78 is 1.63. The van der Waals surface area contributed by atoms with Gasteiger partial charge < -0.3 is 5.11 Å². The predicted octanol–water partition coefficient (Wildman–Crippen LogP) is 0.0846. The van der Waals surface area contributed by atoms with Gasteiger partial charge in [0, 0.05) is 5.75 Å². The third-order valence-electron chi connectivity index (χ3n) is 1.76. The Morgan fingerprint density at radius 3 is 3.42 bits per heavy atom. The zero-order chi connectivity index (χ0) is 8.55. The fourth-order valence-electron chi connectivity index (χ4n) is 1.08. The summed E-state index contributed by atoms with van der Waals surface area (Å²) in [7, 11) is 0. The lowest BCUT2D eigenvalue weighted by molar-refractivity contribution is -0.141. The quantitative estimate of drug-likeness (QED) is 0.671. The first-order valence-electron chi connectivity index (χ1n) is 3.51. The molecule has 1 aliphatic heterocycles. The molecule has 6 heteroatoms. The maximum atomic E-state index is 10.6. The highest BCUT2D eigenvalue weighted by Gasteiger charge is 2.25. The lowest BCUT2D eigenvalue weighted by atomic mass is 10.2. The number of carboxylic acids is 1. The molecule has 2 heterocycles. The molecule has 1 aromatic rings. The van der Waals surface area contributed by atoms with Crippen molar-refractivity contribution in [2.24, 2.45) is 5.92 Å². The average molecular weight is 185 g/mol. The van der Waals surface area contributed by atoms with Gasteiger partial charge in [0.2, 0.25) is 0 Å². The van der Waals surface area contributed by atoms with Crippen molar-refractivity contribution in [3.8, 4) is 0 Å². The summed E-state index contributed by atoms with van der Waals surface area (Å²) in [6.45, 7) is 0.442. The Kier molecular flexibility index (Phi) is 1.76. The molecule has 0 amide bonds. The van der Waals surface area contributed by atoms with Gasteiger partial charge in [-0.25, -0.2) is 4.68 Å². The second kappa shape index (κ2) is 2.78. The maximum Gasteiger partial charge on any atom is 0.309 e. The largest absolute Gasteiger partial charge is 0.481 e. The molecule has 0 saturated carbocycles. The van der Waals surface area contributed by atoms with Crippen LogP contribution in [0.5, 0.6) is 0 Å². The molecule has 0 aromatic carbocycles. The van der Waals surface area contributed by atoms with Gasteiger partial charge in [-0.15, -0.1) is 16.9 Å². The number of aliphatic carboxylic acids is 1. The molecule has 0 aliphatic carbocycles. The van der Waals surface area contributed by atoms with E-state index in [1.807, 2.05) is 0 Å². The van der Waals surface area contributed by atoms with Crippen molar-refractivity contribution >= 4 is 17.7 Å². The van der Waals surface area contributed by atoms with Gasteiger partial charge in [0.1, 0.15) is 5.03 Å². The summed E-state index contributed by atoms with van der Waals surface area (Å²) >= 11 is 1.49. The van der Waals surface area contributed by atoms with Gasteiger partial charge in [-0.05, 0) is 0 Å². The topological polar surface area (TPSA) is 68.0 Å². The van der Waals surface area contributed by atoms with Crippen LogP contribution in [0, 0.1) is 5.92 Å². The number of fused-ring (bicyclic) bond motifs is 1. The standard InChI is InChI=1S/C6H7N3O2S/c10-6(11)4-2-9-5(12-3-4)1-7-8-9/h1,4H,2-3H2,(H,10,11). The molecule has 12 heavy (non-hydrogen) atoms. The molecule has 0 saturated heterocycles. The van der Waals surface area contributed by atoms with Gasteiger partial charge in [0.25, 0.3) is 0 Å². The molecule has 1 aliphatic rings. The summed E-state index contributed by atoms with van der Waals surface area (Å²) in [6, 6.07) is 0. The predicted molar refractivity (Wildman–Crippen MR) is 41.9 cm³/mol. The van der Waals surface area contributed by atoms with Crippen LogP contribution in [0.15, 0.2) is 11.2 Å². The highest BCUT2D eigenvalue weighted by molar-refractivity contribution is 7.99. The summed E-state index contributed by atoms with van der Waals surface area (Å²) in [5.74, 6) is -0.476. The first kappa shape index (κ1) is 7.60. The fourth-order valence-corrected chi connectivity index (χ4v) is 2.09. The first-order valence-corrected chi connectivity index (χ1v) is 4.50. The smallest absolute Gasteiger partial charge is 0.309 e. The van der Waals surface area contributed by atoms with Gasteiger partial charge in [0.05, 0.1) is 18.7 Å². The second-order valence-electron chi connectivity index (χ2n) is 2.60. The Morgan fingerprint density at radius 1 is 1.83 bits per heavy atom. The lowest BCUT2D eigenvalue weighted by Gasteiger charge is -2.17. The SMILES string of the molecule is O=C(O)C1CSc2cnnn2C1. The van der Waals surface area contributed by atoms with Crippen LogP contribution >= 0.6 is 11.8 Å². The van der Waals surface area contributed by atoms with Crippen LogP contribution in [-0.2, 0) is 11.3 Å². The van der Waals surface area contributed by atoms with Crippen LogP contribution in [0.3, 0.4) is 0 Å². The fraction of sp³-hybridized carbons (Fsp3) is 0.500. The van der Waals surface area contributed by atoms with Crippen molar-refractivity contribution in [3.05, 3.63) is 6.20 Å². The van der Waals surface area contributed by atoms with Crippen molar-refractivity contribution in [2.45, 2.75) is 11.6 Å². The van der Waals surface area contributed by atoms with E-state index in [2.05, 4.69) is 10.3 Å². The van der Waals surface area contributed by atoms with Gasteiger partial charge in [-0.3, -0.25) is 4.79 Å². The van der Waals surface area contributed by atoms with Gasteiger partial charge >= 0.3 is 5.97 Å². The van der Waals surface area contributed by atoms with Crippen LogP contribution in [0.25, 0.3) is 0 Å². The van der Waals surface area contributed by atoms with Crippen LogP contribution in [0.1, 0.15) is 0 Å². The molecule has 64 valence electrons. The van der Waals surface area contributed by atoms with Gasteiger partial charge in [-0.1, -0.05) is 5.21 Å². The molecule has 5 nitrogen and oxygen atoms in total. The van der Waals surface area contributed by atoms with Gasteiger partial charge in [0.15, 0.2) is 0 Å². The molecule has 1 N–H and O–H groups in total. The molecule has 0 bridgehead atoms. The molecule has 0 fully saturated rings. The van der Waals surface area contributed by atoms with Crippen LogP contribution in [-0.4, -0.2) is 31.8 Å². The Labute approximate surface area is 72.8 Å². The number of carboxylic acid groups (broad SMARTS) is 1. The highest BCUT2D eigenvalue weighted by Crippen LogP contribution is 2.26. The number of hydrogen-bond donors (Lipinski definition) is 1. The van der Waals surface area contributed by atoms with Crippen molar-refractivity contribution in [1.82, 2.24) is 15.0 Å². The molecule has 1 atom stereocenters. The molecule has 0 radical (unpaired) electrons. The van der Waals surface area contributed by atoms with E-state index in [9.17, 15) is 4.79 Å². The molecule has 2 rings (SSSR count). The Bertz CT molecular complexity index is 311. The Morgan fingerprint density at radius 2 is 2.67 bits per heavy atom. The molecule has 1 aromatic heterocycles. The summed E-state index contributed by atoms with van der Waals surface area (Å²) in [6.07, 6.45) is 1.66. The molecule has 1 unspecified atom stereocenters.